The first-order valence-corrected chi connectivity index (χ1v) is 4.45. The minimum absolute atomic E-state index is 0.284. The molecule has 0 aliphatic heterocycles. The van der Waals surface area contributed by atoms with E-state index < -0.39 is 0 Å². The molecule has 2 aromatic heterocycles. The lowest BCUT2D eigenvalue weighted by atomic mass is 10.1. The summed E-state index contributed by atoms with van der Waals surface area (Å²) in [6, 6.07) is 0. The van der Waals surface area contributed by atoms with Crippen molar-refractivity contribution in [2.75, 3.05) is 0 Å². The maximum absolute atomic E-state index is 11.5. The van der Waals surface area contributed by atoms with Crippen molar-refractivity contribution < 1.29 is 4.42 Å². The molecule has 2 aromatic rings. The molecule has 0 spiro atoms. The molecule has 72 valence electrons. The zero-order valence-electron chi connectivity index (χ0n) is 8.42. The molecule has 2 heterocycles. The van der Waals surface area contributed by atoms with Crippen molar-refractivity contribution >= 4 is 10.8 Å². The standard InChI is InChI=1S/C11H11NO2/c1-6-4-12-8(3)9-7(2)5-14-11(13)10(6)9/h4-5H,1-3H3. The van der Waals surface area contributed by atoms with E-state index in [9.17, 15) is 4.79 Å². The molecule has 14 heavy (non-hydrogen) atoms. The third-order valence-corrected chi connectivity index (χ3v) is 2.40. The van der Waals surface area contributed by atoms with Crippen LogP contribution in [-0.2, 0) is 0 Å². The summed E-state index contributed by atoms with van der Waals surface area (Å²) in [6.45, 7) is 5.68. The zero-order chi connectivity index (χ0) is 10.3. The fourth-order valence-corrected chi connectivity index (χ4v) is 1.71. The van der Waals surface area contributed by atoms with Gasteiger partial charge in [0.1, 0.15) is 0 Å². The predicted octanol–water partition coefficient (Wildman–Crippen LogP) is 2.11. The number of aryl methyl sites for hydroxylation is 3. The minimum atomic E-state index is -0.284. The van der Waals surface area contributed by atoms with Gasteiger partial charge in [-0.3, -0.25) is 4.98 Å². The van der Waals surface area contributed by atoms with Gasteiger partial charge in [-0.25, -0.2) is 4.79 Å². The second kappa shape index (κ2) is 2.94. The third kappa shape index (κ3) is 1.13. The van der Waals surface area contributed by atoms with E-state index in [2.05, 4.69) is 4.98 Å². The molecule has 0 unspecified atom stereocenters. The monoisotopic (exact) mass is 189 g/mol. The Morgan fingerprint density at radius 2 is 1.86 bits per heavy atom. The lowest BCUT2D eigenvalue weighted by Gasteiger charge is -2.05. The predicted molar refractivity (Wildman–Crippen MR) is 54.5 cm³/mol. The molecule has 0 saturated carbocycles. The van der Waals surface area contributed by atoms with Crippen LogP contribution in [0, 0.1) is 20.8 Å². The Morgan fingerprint density at radius 3 is 2.50 bits per heavy atom. The van der Waals surface area contributed by atoms with Gasteiger partial charge in [-0.15, -0.1) is 0 Å². The summed E-state index contributed by atoms with van der Waals surface area (Å²) in [5.74, 6) is 0. The van der Waals surface area contributed by atoms with Gasteiger partial charge in [0, 0.05) is 17.3 Å². The lowest BCUT2D eigenvalue weighted by Crippen LogP contribution is -2.04. The molecule has 0 aliphatic rings. The van der Waals surface area contributed by atoms with Crippen LogP contribution >= 0.6 is 0 Å². The van der Waals surface area contributed by atoms with Crippen molar-refractivity contribution in [3.63, 3.8) is 0 Å². The summed E-state index contributed by atoms with van der Waals surface area (Å²) < 4.78 is 4.92. The van der Waals surface area contributed by atoms with Gasteiger partial charge in [0.15, 0.2) is 0 Å². The van der Waals surface area contributed by atoms with Crippen molar-refractivity contribution in [1.29, 1.82) is 0 Å². The van der Waals surface area contributed by atoms with Gasteiger partial charge >= 0.3 is 5.63 Å². The Hall–Kier alpha value is -1.64. The summed E-state index contributed by atoms with van der Waals surface area (Å²) in [5.41, 5.74) is 2.40. The molecule has 0 amide bonds. The summed E-state index contributed by atoms with van der Waals surface area (Å²) in [4.78, 5) is 15.7. The fourth-order valence-electron chi connectivity index (χ4n) is 1.71. The first-order valence-electron chi connectivity index (χ1n) is 4.45. The quantitative estimate of drug-likeness (QED) is 0.637. The van der Waals surface area contributed by atoms with Crippen LogP contribution < -0.4 is 5.63 Å². The SMILES string of the molecule is Cc1coc(=O)c2c(C)cnc(C)c12. The summed E-state index contributed by atoms with van der Waals surface area (Å²) in [7, 11) is 0. The van der Waals surface area contributed by atoms with Crippen molar-refractivity contribution in [2.24, 2.45) is 0 Å². The average molecular weight is 189 g/mol. The van der Waals surface area contributed by atoms with Gasteiger partial charge in [0.05, 0.1) is 11.6 Å². The smallest absolute Gasteiger partial charge is 0.343 e. The van der Waals surface area contributed by atoms with E-state index >= 15 is 0 Å². The number of fused-ring (bicyclic) bond motifs is 1. The molecule has 0 N–H and O–H groups in total. The molecule has 0 aliphatic carbocycles. The van der Waals surface area contributed by atoms with Crippen LogP contribution in [-0.4, -0.2) is 4.98 Å². The Balaban J connectivity index is 3.14. The first kappa shape index (κ1) is 8.94. The highest BCUT2D eigenvalue weighted by Gasteiger charge is 2.09. The van der Waals surface area contributed by atoms with Gasteiger partial charge in [-0.05, 0) is 31.9 Å². The van der Waals surface area contributed by atoms with Crippen LogP contribution in [0.4, 0.5) is 0 Å². The van der Waals surface area contributed by atoms with Crippen molar-refractivity contribution in [2.45, 2.75) is 20.8 Å². The lowest BCUT2D eigenvalue weighted by molar-refractivity contribution is 0.515. The van der Waals surface area contributed by atoms with Gasteiger partial charge in [-0.2, -0.15) is 0 Å². The van der Waals surface area contributed by atoms with Crippen LogP contribution in [0.1, 0.15) is 16.8 Å². The summed E-state index contributed by atoms with van der Waals surface area (Å²) >= 11 is 0. The van der Waals surface area contributed by atoms with Crippen LogP contribution in [0.15, 0.2) is 21.7 Å². The van der Waals surface area contributed by atoms with Crippen LogP contribution in [0.5, 0.6) is 0 Å². The highest BCUT2D eigenvalue weighted by atomic mass is 16.4. The number of hydrogen-bond acceptors (Lipinski definition) is 3. The molecule has 0 radical (unpaired) electrons. The van der Waals surface area contributed by atoms with E-state index in [0.717, 1.165) is 22.2 Å². The van der Waals surface area contributed by atoms with Gasteiger partial charge in [0.25, 0.3) is 0 Å². The molecule has 3 nitrogen and oxygen atoms in total. The third-order valence-electron chi connectivity index (χ3n) is 2.40. The van der Waals surface area contributed by atoms with E-state index in [1.165, 1.54) is 6.26 Å². The zero-order valence-corrected chi connectivity index (χ0v) is 8.42. The van der Waals surface area contributed by atoms with E-state index in [0.29, 0.717) is 5.39 Å². The van der Waals surface area contributed by atoms with E-state index in [-0.39, 0.29) is 5.63 Å². The Labute approximate surface area is 81.4 Å². The van der Waals surface area contributed by atoms with Crippen molar-refractivity contribution in [3.8, 4) is 0 Å². The maximum Gasteiger partial charge on any atom is 0.343 e. The van der Waals surface area contributed by atoms with Crippen molar-refractivity contribution in [1.82, 2.24) is 4.98 Å². The Morgan fingerprint density at radius 1 is 1.14 bits per heavy atom. The average Bonchev–Trinajstić information content (AvgIpc) is 2.16. The Bertz CT molecular complexity index is 547. The molecule has 0 atom stereocenters. The molecule has 3 heteroatoms. The molecule has 2 rings (SSSR count). The fraction of sp³-hybridized carbons (Fsp3) is 0.273. The molecule has 0 aromatic carbocycles. The molecular formula is C11H11NO2. The van der Waals surface area contributed by atoms with E-state index in [4.69, 9.17) is 4.42 Å². The van der Waals surface area contributed by atoms with Crippen LogP contribution in [0.2, 0.25) is 0 Å². The number of aromatic nitrogens is 1. The largest absolute Gasteiger partial charge is 0.431 e. The number of hydrogen-bond donors (Lipinski definition) is 0. The summed E-state index contributed by atoms with van der Waals surface area (Å²) in [5, 5.41) is 1.57. The minimum Gasteiger partial charge on any atom is -0.431 e. The van der Waals surface area contributed by atoms with Gasteiger partial charge < -0.3 is 4.42 Å². The topological polar surface area (TPSA) is 43.1 Å². The molecule has 0 fully saturated rings. The van der Waals surface area contributed by atoms with E-state index in [1.54, 1.807) is 6.20 Å². The number of rotatable bonds is 0. The summed E-state index contributed by atoms with van der Waals surface area (Å²) in [6.07, 6.45) is 3.19. The molecule has 0 saturated heterocycles. The van der Waals surface area contributed by atoms with E-state index in [1.807, 2.05) is 20.8 Å². The van der Waals surface area contributed by atoms with Crippen LogP contribution in [0.3, 0.4) is 0 Å². The number of pyridine rings is 1. The molecular weight excluding hydrogens is 178 g/mol. The highest BCUT2D eigenvalue weighted by molar-refractivity contribution is 5.88. The normalized spacial score (nSPS) is 10.8. The van der Waals surface area contributed by atoms with Crippen LogP contribution in [0.25, 0.3) is 10.8 Å². The van der Waals surface area contributed by atoms with Gasteiger partial charge in [-0.1, -0.05) is 0 Å². The van der Waals surface area contributed by atoms with Crippen molar-refractivity contribution in [3.05, 3.63) is 39.7 Å². The van der Waals surface area contributed by atoms with Gasteiger partial charge in [0.2, 0.25) is 0 Å². The Kier molecular flexibility index (Phi) is 1.88. The second-order valence-corrected chi connectivity index (χ2v) is 3.48. The number of nitrogens with zero attached hydrogens (tertiary/aromatic N) is 1. The molecule has 0 bridgehead atoms. The first-order chi connectivity index (χ1) is 6.61. The second-order valence-electron chi connectivity index (χ2n) is 3.48. The maximum atomic E-state index is 11.5. The highest BCUT2D eigenvalue weighted by Crippen LogP contribution is 2.19.